The molecular formula is C34H32F2N4O7. The smallest absolute Gasteiger partial charge is 0.261 e. The number of benzene rings is 2. The Morgan fingerprint density at radius 3 is 2.45 bits per heavy atom. The van der Waals surface area contributed by atoms with E-state index < -0.39 is 23.0 Å². The molecular weight excluding hydrogens is 614 g/mol. The Hall–Kier alpha value is -5.40. The minimum Gasteiger partial charge on any atom is -0.491 e. The Morgan fingerprint density at radius 2 is 1.74 bits per heavy atom. The van der Waals surface area contributed by atoms with Crippen molar-refractivity contribution in [2.75, 3.05) is 39.9 Å². The minimum absolute atomic E-state index is 0.0679. The summed E-state index contributed by atoms with van der Waals surface area (Å²) in [5.74, 6) is -1.45. The van der Waals surface area contributed by atoms with Gasteiger partial charge in [-0.3, -0.25) is 14.6 Å². The molecule has 0 spiro atoms. The van der Waals surface area contributed by atoms with E-state index in [1.165, 1.54) is 56.8 Å². The highest BCUT2D eigenvalue weighted by atomic mass is 19.1. The summed E-state index contributed by atoms with van der Waals surface area (Å²) >= 11 is 0. The molecule has 11 nitrogen and oxygen atoms in total. The maximum absolute atomic E-state index is 15.4. The van der Waals surface area contributed by atoms with Gasteiger partial charge in [0.15, 0.2) is 23.1 Å². The van der Waals surface area contributed by atoms with E-state index in [0.717, 1.165) is 6.07 Å². The Labute approximate surface area is 268 Å². The molecule has 0 aliphatic carbocycles. The van der Waals surface area contributed by atoms with Crippen LogP contribution in [0.25, 0.3) is 22.2 Å². The van der Waals surface area contributed by atoms with E-state index in [9.17, 15) is 14.0 Å². The lowest BCUT2D eigenvalue weighted by atomic mass is 9.96. The van der Waals surface area contributed by atoms with Crippen molar-refractivity contribution >= 4 is 22.6 Å². The Kier molecular flexibility index (Phi) is 10.1. The van der Waals surface area contributed by atoms with Crippen LogP contribution in [0.1, 0.15) is 27.3 Å². The van der Waals surface area contributed by atoms with Crippen LogP contribution >= 0.6 is 0 Å². The number of rotatable bonds is 12. The van der Waals surface area contributed by atoms with Gasteiger partial charge in [0.2, 0.25) is 5.43 Å². The standard InChI is InChI=1S/C34H32F2N4O7/c1-18-14-20(35)6-8-22(18)29-19(2)38-25(17-44-4)30(32(29)41)33(42)39-21-7-9-26(23(36)15-21)47-27-10-11-37-24-16-28(45-5)34(40-31(24)27)46-13-12-43-3/h6-11,14-16H,12-13,17H2,1-5H3,(H,38,41)(H,39,42). The van der Waals surface area contributed by atoms with Crippen molar-refractivity contribution in [1.29, 1.82) is 0 Å². The maximum Gasteiger partial charge on any atom is 0.261 e. The number of aromatic amines is 1. The molecule has 0 bridgehead atoms. The summed E-state index contributed by atoms with van der Waals surface area (Å²) < 4.78 is 56.4. The van der Waals surface area contributed by atoms with Crippen LogP contribution in [0.3, 0.4) is 0 Å². The molecule has 244 valence electrons. The van der Waals surface area contributed by atoms with Crippen LogP contribution in [-0.4, -0.2) is 55.4 Å². The molecule has 0 saturated heterocycles. The summed E-state index contributed by atoms with van der Waals surface area (Å²) in [7, 11) is 4.44. The summed E-state index contributed by atoms with van der Waals surface area (Å²) in [4.78, 5) is 39.1. The van der Waals surface area contributed by atoms with Crippen LogP contribution in [0.15, 0.2) is 59.5 Å². The largest absolute Gasteiger partial charge is 0.491 e. The van der Waals surface area contributed by atoms with Gasteiger partial charge in [0, 0.05) is 55.6 Å². The number of nitrogens with one attached hydrogen (secondary N) is 2. The Balaban J connectivity index is 1.44. The highest BCUT2D eigenvalue weighted by Gasteiger charge is 2.24. The molecule has 47 heavy (non-hydrogen) atoms. The van der Waals surface area contributed by atoms with Crippen molar-refractivity contribution in [3.63, 3.8) is 0 Å². The molecule has 5 rings (SSSR count). The number of hydrogen-bond donors (Lipinski definition) is 2. The van der Waals surface area contributed by atoms with Crippen LogP contribution in [0.5, 0.6) is 23.1 Å². The monoisotopic (exact) mass is 646 g/mol. The third kappa shape index (κ3) is 7.05. The zero-order valence-electron chi connectivity index (χ0n) is 26.3. The summed E-state index contributed by atoms with van der Waals surface area (Å²) in [6, 6.07) is 11.0. The van der Waals surface area contributed by atoms with Crippen LogP contribution in [0, 0.1) is 25.5 Å². The molecule has 0 fully saturated rings. The summed E-state index contributed by atoms with van der Waals surface area (Å²) in [6.45, 7) is 3.83. The molecule has 3 heterocycles. The molecule has 0 atom stereocenters. The molecule has 5 aromatic rings. The predicted octanol–water partition coefficient (Wildman–Crippen LogP) is 6.10. The van der Waals surface area contributed by atoms with Gasteiger partial charge in [-0.05, 0) is 49.2 Å². The number of anilines is 1. The fraction of sp³-hybridized carbons (Fsp3) is 0.235. The number of methoxy groups -OCH3 is 3. The van der Waals surface area contributed by atoms with Gasteiger partial charge in [0.05, 0.1) is 31.5 Å². The third-order valence-corrected chi connectivity index (χ3v) is 7.21. The zero-order valence-corrected chi connectivity index (χ0v) is 26.3. The Bertz CT molecular complexity index is 2020. The predicted molar refractivity (Wildman–Crippen MR) is 171 cm³/mol. The van der Waals surface area contributed by atoms with E-state index in [-0.39, 0.29) is 53.1 Å². The number of pyridine rings is 3. The first kappa shape index (κ1) is 33.0. The Morgan fingerprint density at radius 1 is 0.936 bits per heavy atom. The van der Waals surface area contributed by atoms with Crippen molar-refractivity contribution in [1.82, 2.24) is 15.0 Å². The average molecular weight is 647 g/mol. The number of ether oxygens (including phenoxy) is 5. The molecule has 0 aliphatic rings. The summed E-state index contributed by atoms with van der Waals surface area (Å²) in [5, 5.41) is 2.59. The summed E-state index contributed by atoms with van der Waals surface area (Å²) in [6.07, 6.45) is 1.48. The first-order chi connectivity index (χ1) is 22.6. The van der Waals surface area contributed by atoms with Crippen molar-refractivity contribution in [3.8, 4) is 34.3 Å². The van der Waals surface area contributed by atoms with Crippen molar-refractivity contribution in [2.45, 2.75) is 20.5 Å². The van der Waals surface area contributed by atoms with Crippen LogP contribution in [0.2, 0.25) is 0 Å². The minimum atomic E-state index is -0.796. The number of aromatic nitrogens is 3. The number of carbonyl (C=O) groups is 1. The average Bonchev–Trinajstić information content (AvgIpc) is 3.03. The molecule has 13 heteroatoms. The van der Waals surface area contributed by atoms with E-state index in [4.69, 9.17) is 23.7 Å². The molecule has 0 radical (unpaired) electrons. The van der Waals surface area contributed by atoms with Gasteiger partial charge in [0.1, 0.15) is 23.5 Å². The van der Waals surface area contributed by atoms with Crippen LogP contribution < -0.4 is 25.0 Å². The topological polar surface area (TPSA) is 134 Å². The number of H-pyrrole nitrogens is 1. The molecule has 2 N–H and O–H groups in total. The van der Waals surface area contributed by atoms with E-state index in [1.807, 2.05) is 0 Å². The van der Waals surface area contributed by atoms with Gasteiger partial charge >= 0.3 is 0 Å². The molecule has 3 aromatic heterocycles. The van der Waals surface area contributed by atoms with Crippen molar-refractivity contribution in [3.05, 3.63) is 99.1 Å². The SMILES string of the molecule is COCCOc1nc2c(Oc3ccc(NC(=O)c4c(COC)[nH]c(C)c(-c5ccc(F)cc5C)c4=O)cc3F)ccnc2cc1OC. The molecule has 0 saturated carbocycles. The van der Waals surface area contributed by atoms with Gasteiger partial charge in [-0.25, -0.2) is 13.8 Å². The normalized spacial score (nSPS) is 11.0. The number of fused-ring (bicyclic) bond motifs is 1. The lowest BCUT2D eigenvalue weighted by Gasteiger charge is -2.16. The fourth-order valence-corrected chi connectivity index (χ4v) is 5.05. The van der Waals surface area contributed by atoms with Crippen LogP contribution in [-0.2, 0) is 16.1 Å². The van der Waals surface area contributed by atoms with Crippen molar-refractivity contribution < 1.29 is 37.3 Å². The number of carbonyl (C=O) groups excluding carboxylic acids is 1. The highest BCUT2D eigenvalue weighted by molar-refractivity contribution is 6.05. The van der Waals surface area contributed by atoms with Gasteiger partial charge < -0.3 is 34.0 Å². The number of amides is 1. The molecule has 0 unspecified atom stereocenters. The molecule has 2 aromatic carbocycles. The van der Waals surface area contributed by atoms with Gasteiger partial charge in [-0.1, -0.05) is 6.07 Å². The lowest BCUT2D eigenvalue weighted by Crippen LogP contribution is -2.27. The van der Waals surface area contributed by atoms with Gasteiger partial charge in [0.25, 0.3) is 11.8 Å². The first-order valence-corrected chi connectivity index (χ1v) is 14.4. The van der Waals surface area contributed by atoms with Gasteiger partial charge in [-0.2, -0.15) is 0 Å². The van der Waals surface area contributed by atoms with Crippen molar-refractivity contribution in [2.24, 2.45) is 0 Å². The van der Waals surface area contributed by atoms with E-state index in [2.05, 4.69) is 20.3 Å². The van der Waals surface area contributed by atoms with E-state index >= 15 is 4.39 Å². The lowest BCUT2D eigenvalue weighted by molar-refractivity contribution is 0.101. The number of nitrogens with zero attached hydrogens (tertiary/aromatic N) is 2. The molecule has 1 amide bonds. The van der Waals surface area contributed by atoms with Crippen LogP contribution in [0.4, 0.5) is 14.5 Å². The quantitative estimate of drug-likeness (QED) is 0.154. The van der Waals surface area contributed by atoms with E-state index in [1.54, 1.807) is 27.0 Å². The second-order valence-corrected chi connectivity index (χ2v) is 10.4. The summed E-state index contributed by atoms with van der Waals surface area (Å²) in [5.41, 5.74) is 1.91. The second-order valence-electron chi connectivity index (χ2n) is 10.4. The third-order valence-electron chi connectivity index (χ3n) is 7.21. The fourth-order valence-electron chi connectivity index (χ4n) is 5.05. The highest BCUT2D eigenvalue weighted by Crippen LogP contribution is 2.35. The van der Waals surface area contributed by atoms with E-state index in [0.29, 0.717) is 40.2 Å². The number of aryl methyl sites for hydroxylation is 2. The first-order valence-electron chi connectivity index (χ1n) is 14.4. The zero-order chi connectivity index (χ0) is 33.7. The van der Waals surface area contributed by atoms with Gasteiger partial charge in [-0.15, -0.1) is 0 Å². The molecule has 0 aliphatic heterocycles. The maximum atomic E-state index is 15.4. The number of halogens is 2. The number of hydrogen-bond acceptors (Lipinski definition) is 9. The second kappa shape index (κ2) is 14.4.